The fourth-order valence-electron chi connectivity index (χ4n) is 3.12. The van der Waals surface area contributed by atoms with E-state index in [2.05, 4.69) is 15.2 Å². The molecule has 0 spiro atoms. The number of fused-ring (bicyclic) bond motifs is 1. The summed E-state index contributed by atoms with van der Waals surface area (Å²) in [5.41, 5.74) is 1.73. The van der Waals surface area contributed by atoms with Crippen LogP contribution < -0.4 is 19.7 Å². The first kappa shape index (κ1) is 18.6. The van der Waals surface area contributed by atoms with Crippen LogP contribution in [0.4, 0.5) is 5.82 Å². The highest BCUT2D eigenvalue weighted by Gasteiger charge is 2.18. The lowest BCUT2D eigenvalue weighted by Crippen LogP contribution is -2.37. The summed E-state index contributed by atoms with van der Waals surface area (Å²) in [7, 11) is 0. The molecular weight excluding hydrogens is 382 g/mol. The predicted octanol–water partition coefficient (Wildman–Crippen LogP) is 2.63. The van der Waals surface area contributed by atoms with Crippen molar-refractivity contribution in [3.63, 3.8) is 0 Å². The summed E-state index contributed by atoms with van der Waals surface area (Å²) in [5, 5.41) is 3.36. The molecule has 0 bridgehead atoms. The quantitative estimate of drug-likeness (QED) is 0.776. The van der Waals surface area contributed by atoms with Gasteiger partial charge in [0.15, 0.2) is 11.5 Å². The molecular formula is C20H20ClN3O4. The molecule has 1 fully saturated rings. The van der Waals surface area contributed by atoms with Crippen LogP contribution in [0.1, 0.15) is 11.1 Å². The summed E-state index contributed by atoms with van der Waals surface area (Å²) in [6, 6.07) is 7.36. The van der Waals surface area contributed by atoms with Gasteiger partial charge in [-0.15, -0.1) is 0 Å². The maximum atomic E-state index is 12.3. The number of nitrogens with one attached hydrogen (secondary N) is 1. The highest BCUT2D eigenvalue weighted by atomic mass is 35.5. The van der Waals surface area contributed by atoms with E-state index in [-0.39, 0.29) is 12.7 Å². The summed E-state index contributed by atoms with van der Waals surface area (Å²) in [6.07, 6.45) is 4.92. The number of hydrogen-bond acceptors (Lipinski definition) is 6. The zero-order chi connectivity index (χ0) is 19.3. The van der Waals surface area contributed by atoms with Gasteiger partial charge in [-0.2, -0.15) is 0 Å². The molecule has 1 saturated heterocycles. The molecule has 2 aliphatic rings. The third-order valence-electron chi connectivity index (χ3n) is 4.51. The van der Waals surface area contributed by atoms with Crippen molar-refractivity contribution in [3.8, 4) is 11.5 Å². The summed E-state index contributed by atoms with van der Waals surface area (Å²) < 4.78 is 16.0. The number of ether oxygens (including phenoxy) is 3. The molecule has 2 aliphatic heterocycles. The van der Waals surface area contributed by atoms with E-state index >= 15 is 0 Å². The Morgan fingerprint density at radius 3 is 3.00 bits per heavy atom. The third-order valence-corrected chi connectivity index (χ3v) is 4.79. The van der Waals surface area contributed by atoms with Gasteiger partial charge in [0.25, 0.3) is 0 Å². The van der Waals surface area contributed by atoms with Crippen molar-refractivity contribution in [1.82, 2.24) is 10.3 Å². The Balaban J connectivity index is 1.39. The van der Waals surface area contributed by atoms with Gasteiger partial charge in [-0.05, 0) is 29.8 Å². The predicted molar refractivity (Wildman–Crippen MR) is 106 cm³/mol. The maximum absolute atomic E-state index is 12.3. The lowest BCUT2D eigenvalue weighted by molar-refractivity contribution is -0.116. The van der Waals surface area contributed by atoms with E-state index in [1.807, 2.05) is 12.1 Å². The Morgan fingerprint density at radius 2 is 2.14 bits per heavy atom. The van der Waals surface area contributed by atoms with Crippen LogP contribution in [0.5, 0.6) is 11.5 Å². The van der Waals surface area contributed by atoms with Crippen molar-refractivity contribution >= 4 is 29.4 Å². The number of carbonyl (C=O) groups excluding carboxylic acids is 1. The van der Waals surface area contributed by atoms with E-state index in [0.29, 0.717) is 36.3 Å². The minimum Gasteiger partial charge on any atom is -0.454 e. The van der Waals surface area contributed by atoms with Crippen molar-refractivity contribution in [3.05, 3.63) is 52.7 Å². The Morgan fingerprint density at radius 1 is 1.29 bits per heavy atom. The molecule has 146 valence electrons. The second-order valence-electron chi connectivity index (χ2n) is 6.37. The minimum absolute atomic E-state index is 0.152. The van der Waals surface area contributed by atoms with Crippen LogP contribution in [0.3, 0.4) is 0 Å². The summed E-state index contributed by atoms with van der Waals surface area (Å²) in [6.45, 7) is 3.50. The van der Waals surface area contributed by atoms with Crippen molar-refractivity contribution < 1.29 is 19.0 Å². The van der Waals surface area contributed by atoms with Crippen LogP contribution >= 0.6 is 11.6 Å². The van der Waals surface area contributed by atoms with E-state index < -0.39 is 0 Å². The molecule has 3 heterocycles. The number of amides is 1. The number of halogens is 1. The molecule has 7 nitrogen and oxygen atoms in total. The maximum Gasteiger partial charge on any atom is 0.244 e. The SMILES string of the molecule is O=C(/C=C/c1cc(Cl)c2c(c1)OCO2)NCc1cccnc1N1CCOCC1. The van der Waals surface area contributed by atoms with Crippen LogP contribution in [0.15, 0.2) is 36.5 Å². The minimum atomic E-state index is -0.203. The Kier molecular flexibility index (Phi) is 5.64. The van der Waals surface area contributed by atoms with Crippen LogP contribution in [0, 0.1) is 0 Å². The lowest BCUT2D eigenvalue weighted by atomic mass is 10.2. The van der Waals surface area contributed by atoms with Crippen molar-refractivity contribution in [2.24, 2.45) is 0 Å². The van der Waals surface area contributed by atoms with E-state index in [9.17, 15) is 4.79 Å². The Bertz CT molecular complexity index is 897. The van der Waals surface area contributed by atoms with Gasteiger partial charge in [0.1, 0.15) is 5.82 Å². The number of aromatic nitrogens is 1. The molecule has 2 aromatic rings. The zero-order valence-electron chi connectivity index (χ0n) is 15.2. The van der Waals surface area contributed by atoms with E-state index in [0.717, 1.165) is 30.0 Å². The average molecular weight is 402 g/mol. The molecule has 0 radical (unpaired) electrons. The molecule has 1 N–H and O–H groups in total. The normalized spacial score (nSPS) is 15.8. The number of anilines is 1. The van der Waals surface area contributed by atoms with Crippen molar-refractivity contribution in [1.29, 1.82) is 0 Å². The highest BCUT2D eigenvalue weighted by molar-refractivity contribution is 6.32. The molecule has 0 saturated carbocycles. The zero-order valence-corrected chi connectivity index (χ0v) is 15.9. The molecule has 4 rings (SSSR count). The van der Waals surface area contributed by atoms with E-state index in [1.54, 1.807) is 24.4 Å². The van der Waals surface area contributed by atoms with Gasteiger partial charge in [0.2, 0.25) is 12.7 Å². The Hall–Kier alpha value is -2.77. The van der Waals surface area contributed by atoms with Crippen LogP contribution in [0.2, 0.25) is 5.02 Å². The van der Waals surface area contributed by atoms with Gasteiger partial charge in [0.05, 0.1) is 18.2 Å². The smallest absolute Gasteiger partial charge is 0.244 e. The highest BCUT2D eigenvalue weighted by Crippen LogP contribution is 2.40. The number of morpholine rings is 1. The topological polar surface area (TPSA) is 72.9 Å². The molecule has 0 unspecified atom stereocenters. The first-order valence-electron chi connectivity index (χ1n) is 9.02. The first-order chi connectivity index (χ1) is 13.7. The van der Waals surface area contributed by atoms with E-state index in [4.69, 9.17) is 25.8 Å². The van der Waals surface area contributed by atoms with Gasteiger partial charge in [-0.25, -0.2) is 4.98 Å². The number of benzene rings is 1. The molecule has 1 amide bonds. The number of rotatable bonds is 5. The van der Waals surface area contributed by atoms with Gasteiger partial charge >= 0.3 is 0 Å². The largest absolute Gasteiger partial charge is 0.454 e. The van der Waals surface area contributed by atoms with Gasteiger partial charge in [0, 0.05) is 37.5 Å². The second-order valence-corrected chi connectivity index (χ2v) is 6.78. The van der Waals surface area contributed by atoms with Gasteiger partial charge in [-0.3, -0.25) is 4.79 Å². The lowest BCUT2D eigenvalue weighted by Gasteiger charge is -2.29. The average Bonchev–Trinajstić information content (AvgIpc) is 3.21. The number of nitrogens with zero attached hydrogens (tertiary/aromatic N) is 2. The van der Waals surface area contributed by atoms with Crippen LogP contribution in [0.25, 0.3) is 6.08 Å². The van der Waals surface area contributed by atoms with Crippen molar-refractivity contribution in [2.45, 2.75) is 6.54 Å². The molecule has 8 heteroatoms. The van der Waals surface area contributed by atoms with Gasteiger partial charge in [-0.1, -0.05) is 17.7 Å². The summed E-state index contributed by atoms with van der Waals surface area (Å²) in [5.74, 6) is 1.80. The first-order valence-corrected chi connectivity index (χ1v) is 9.40. The second kappa shape index (κ2) is 8.50. The number of hydrogen-bond donors (Lipinski definition) is 1. The standard InChI is InChI=1S/C20H20ClN3O4/c21-16-10-14(11-17-19(16)28-13-27-17)3-4-18(25)23-12-15-2-1-5-22-20(15)24-6-8-26-9-7-24/h1-5,10-11H,6-9,12-13H2,(H,23,25)/b4-3+. The fourth-order valence-corrected chi connectivity index (χ4v) is 3.40. The Labute approximate surface area is 167 Å². The molecule has 0 atom stereocenters. The third kappa shape index (κ3) is 4.21. The van der Waals surface area contributed by atoms with Gasteiger partial charge < -0.3 is 24.4 Å². The summed E-state index contributed by atoms with van der Waals surface area (Å²) in [4.78, 5) is 18.9. The number of carbonyl (C=O) groups is 1. The molecule has 28 heavy (non-hydrogen) atoms. The van der Waals surface area contributed by atoms with Crippen molar-refractivity contribution in [2.75, 3.05) is 38.0 Å². The van der Waals surface area contributed by atoms with Crippen LogP contribution in [-0.4, -0.2) is 44.0 Å². The number of pyridine rings is 1. The monoisotopic (exact) mass is 401 g/mol. The molecule has 1 aromatic carbocycles. The van der Waals surface area contributed by atoms with E-state index in [1.165, 1.54) is 6.08 Å². The molecule has 1 aromatic heterocycles. The summed E-state index contributed by atoms with van der Waals surface area (Å²) >= 11 is 6.16. The van der Waals surface area contributed by atoms with Crippen LogP contribution in [-0.2, 0) is 16.1 Å². The fraction of sp³-hybridized carbons (Fsp3) is 0.300. The molecule has 0 aliphatic carbocycles.